The molecule has 1 unspecified atom stereocenters. The Kier molecular flexibility index (Phi) is 5.56. The largest absolute Gasteiger partial charge is 0.493 e. The maximum absolute atomic E-state index is 12.6. The molecular formula is C16H22N4O3. The second-order valence-corrected chi connectivity index (χ2v) is 5.45. The molecule has 2 aromatic rings. The van der Waals surface area contributed by atoms with Crippen LogP contribution in [0.4, 0.5) is 0 Å². The molecule has 0 radical (unpaired) electrons. The van der Waals surface area contributed by atoms with Gasteiger partial charge < -0.3 is 14.8 Å². The first kappa shape index (κ1) is 16.8. The molecule has 7 nitrogen and oxygen atoms in total. The molecule has 124 valence electrons. The van der Waals surface area contributed by atoms with E-state index in [9.17, 15) is 4.79 Å². The SMILES string of the molecule is COc1cccc(C(=O)NC(Cn2nccn2)C(C)C)c1OC. The average molecular weight is 318 g/mol. The van der Waals surface area contributed by atoms with Crippen molar-refractivity contribution in [2.45, 2.75) is 26.4 Å². The van der Waals surface area contributed by atoms with Crippen molar-refractivity contribution >= 4 is 5.91 Å². The van der Waals surface area contributed by atoms with Gasteiger partial charge in [-0.05, 0) is 18.1 Å². The van der Waals surface area contributed by atoms with E-state index in [0.29, 0.717) is 23.6 Å². The number of aromatic nitrogens is 3. The Morgan fingerprint density at radius 3 is 2.48 bits per heavy atom. The third kappa shape index (κ3) is 4.00. The number of methoxy groups -OCH3 is 2. The van der Waals surface area contributed by atoms with E-state index >= 15 is 0 Å². The Morgan fingerprint density at radius 1 is 1.22 bits per heavy atom. The summed E-state index contributed by atoms with van der Waals surface area (Å²) >= 11 is 0. The highest BCUT2D eigenvalue weighted by molar-refractivity contribution is 5.98. The number of benzene rings is 1. The van der Waals surface area contributed by atoms with Crippen LogP contribution in [0, 0.1) is 5.92 Å². The van der Waals surface area contributed by atoms with E-state index in [1.807, 2.05) is 13.8 Å². The second kappa shape index (κ2) is 7.62. The first-order valence-electron chi connectivity index (χ1n) is 7.42. The molecular weight excluding hydrogens is 296 g/mol. The molecule has 1 N–H and O–H groups in total. The average Bonchev–Trinajstić information content (AvgIpc) is 3.06. The molecule has 1 aromatic carbocycles. The lowest BCUT2D eigenvalue weighted by Gasteiger charge is -2.22. The van der Waals surface area contributed by atoms with Crippen LogP contribution in [0.2, 0.25) is 0 Å². The number of para-hydroxylation sites is 1. The standard InChI is InChI=1S/C16H22N4O3/c1-11(2)13(10-20-17-8-9-18-20)19-16(21)12-6-5-7-14(22-3)15(12)23-4/h5-9,11,13H,10H2,1-4H3,(H,19,21). The van der Waals surface area contributed by atoms with E-state index < -0.39 is 0 Å². The highest BCUT2D eigenvalue weighted by atomic mass is 16.5. The lowest BCUT2D eigenvalue weighted by Crippen LogP contribution is -2.42. The van der Waals surface area contributed by atoms with Gasteiger partial charge in [0.05, 0.1) is 44.8 Å². The summed E-state index contributed by atoms with van der Waals surface area (Å²) in [5.74, 6) is 0.954. The van der Waals surface area contributed by atoms with E-state index in [-0.39, 0.29) is 17.9 Å². The van der Waals surface area contributed by atoms with Crippen LogP contribution in [0.5, 0.6) is 11.5 Å². The van der Waals surface area contributed by atoms with Crippen LogP contribution in [-0.2, 0) is 6.54 Å². The van der Waals surface area contributed by atoms with Crippen LogP contribution >= 0.6 is 0 Å². The zero-order chi connectivity index (χ0) is 16.8. The smallest absolute Gasteiger partial charge is 0.255 e. The highest BCUT2D eigenvalue weighted by Crippen LogP contribution is 2.30. The molecule has 0 saturated carbocycles. The number of carbonyl (C=O) groups excluding carboxylic acids is 1. The van der Waals surface area contributed by atoms with Gasteiger partial charge >= 0.3 is 0 Å². The number of nitrogens with one attached hydrogen (secondary N) is 1. The Balaban J connectivity index is 2.19. The molecule has 0 fully saturated rings. The van der Waals surface area contributed by atoms with E-state index in [2.05, 4.69) is 15.5 Å². The Morgan fingerprint density at radius 2 is 1.91 bits per heavy atom. The minimum Gasteiger partial charge on any atom is -0.493 e. The lowest BCUT2D eigenvalue weighted by molar-refractivity contribution is 0.0914. The minimum absolute atomic E-state index is 0.106. The molecule has 1 amide bonds. The molecule has 1 heterocycles. The Hall–Kier alpha value is -2.57. The number of amides is 1. The number of rotatable bonds is 7. The summed E-state index contributed by atoms with van der Waals surface area (Å²) in [6, 6.07) is 5.12. The fraction of sp³-hybridized carbons (Fsp3) is 0.438. The first-order valence-corrected chi connectivity index (χ1v) is 7.42. The van der Waals surface area contributed by atoms with Crippen molar-refractivity contribution < 1.29 is 14.3 Å². The molecule has 1 aromatic heterocycles. The molecule has 0 aliphatic rings. The maximum atomic E-state index is 12.6. The summed E-state index contributed by atoms with van der Waals surface area (Å²) in [4.78, 5) is 14.2. The van der Waals surface area contributed by atoms with Crippen molar-refractivity contribution in [2.75, 3.05) is 14.2 Å². The van der Waals surface area contributed by atoms with Gasteiger partial charge in [-0.3, -0.25) is 4.79 Å². The number of hydrogen-bond donors (Lipinski definition) is 1. The van der Waals surface area contributed by atoms with E-state index in [1.165, 1.54) is 7.11 Å². The molecule has 2 rings (SSSR count). The fourth-order valence-corrected chi connectivity index (χ4v) is 2.25. The molecule has 0 saturated heterocycles. The first-order chi connectivity index (χ1) is 11.1. The van der Waals surface area contributed by atoms with Gasteiger partial charge in [-0.1, -0.05) is 19.9 Å². The summed E-state index contributed by atoms with van der Waals surface area (Å²) in [6.07, 6.45) is 3.23. The molecule has 1 atom stereocenters. The third-order valence-corrected chi connectivity index (χ3v) is 3.60. The van der Waals surface area contributed by atoms with E-state index in [4.69, 9.17) is 9.47 Å². The van der Waals surface area contributed by atoms with Gasteiger partial charge in [0.15, 0.2) is 11.5 Å². The van der Waals surface area contributed by atoms with Crippen molar-refractivity contribution in [1.82, 2.24) is 20.3 Å². The summed E-state index contributed by atoms with van der Waals surface area (Å²) in [7, 11) is 3.06. The predicted octanol–water partition coefficient (Wildman–Crippen LogP) is 1.75. The van der Waals surface area contributed by atoms with Crippen molar-refractivity contribution in [3.8, 4) is 11.5 Å². The topological polar surface area (TPSA) is 78.3 Å². The van der Waals surface area contributed by atoms with Crippen LogP contribution in [0.15, 0.2) is 30.6 Å². The van der Waals surface area contributed by atoms with Gasteiger partial charge in [0, 0.05) is 0 Å². The van der Waals surface area contributed by atoms with Gasteiger partial charge in [0.25, 0.3) is 5.91 Å². The summed E-state index contributed by atoms with van der Waals surface area (Å²) in [6.45, 7) is 4.58. The zero-order valence-corrected chi connectivity index (χ0v) is 13.8. The van der Waals surface area contributed by atoms with Crippen LogP contribution in [0.3, 0.4) is 0 Å². The monoisotopic (exact) mass is 318 g/mol. The number of hydrogen-bond acceptors (Lipinski definition) is 5. The summed E-state index contributed by atoms with van der Waals surface area (Å²) < 4.78 is 10.6. The Labute approximate surface area is 135 Å². The van der Waals surface area contributed by atoms with E-state index in [0.717, 1.165) is 0 Å². The van der Waals surface area contributed by atoms with Crippen LogP contribution in [0.1, 0.15) is 24.2 Å². The van der Waals surface area contributed by atoms with Crippen molar-refractivity contribution in [2.24, 2.45) is 5.92 Å². The number of carbonyl (C=O) groups is 1. The van der Waals surface area contributed by atoms with Gasteiger partial charge in [-0.2, -0.15) is 15.0 Å². The van der Waals surface area contributed by atoms with Gasteiger partial charge in [0.1, 0.15) is 0 Å². The van der Waals surface area contributed by atoms with Crippen LogP contribution in [-0.4, -0.2) is 41.2 Å². The van der Waals surface area contributed by atoms with E-state index in [1.54, 1.807) is 42.5 Å². The molecule has 0 bridgehead atoms. The van der Waals surface area contributed by atoms with Crippen molar-refractivity contribution in [1.29, 1.82) is 0 Å². The Bertz CT molecular complexity index is 641. The zero-order valence-electron chi connectivity index (χ0n) is 13.8. The molecule has 7 heteroatoms. The summed E-state index contributed by atoms with van der Waals surface area (Å²) in [5, 5.41) is 11.2. The maximum Gasteiger partial charge on any atom is 0.255 e. The minimum atomic E-state index is -0.216. The molecule has 0 aliphatic heterocycles. The quantitative estimate of drug-likeness (QED) is 0.841. The molecule has 23 heavy (non-hydrogen) atoms. The third-order valence-electron chi connectivity index (χ3n) is 3.60. The highest BCUT2D eigenvalue weighted by Gasteiger charge is 2.22. The number of nitrogens with zero attached hydrogens (tertiary/aromatic N) is 3. The van der Waals surface area contributed by atoms with Crippen molar-refractivity contribution in [3.05, 3.63) is 36.2 Å². The normalized spacial score (nSPS) is 12.0. The van der Waals surface area contributed by atoms with Gasteiger partial charge in [-0.15, -0.1) is 0 Å². The van der Waals surface area contributed by atoms with Crippen LogP contribution < -0.4 is 14.8 Å². The summed E-state index contributed by atoms with van der Waals surface area (Å²) in [5.41, 5.74) is 0.436. The van der Waals surface area contributed by atoms with Crippen LogP contribution in [0.25, 0.3) is 0 Å². The molecule has 0 aliphatic carbocycles. The number of ether oxygens (including phenoxy) is 2. The molecule has 0 spiro atoms. The lowest BCUT2D eigenvalue weighted by atomic mass is 10.0. The predicted molar refractivity (Wildman–Crippen MR) is 85.7 cm³/mol. The second-order valence-electron chi connectivity index (χ2n) is 5.45. The van der Waals surface area contributed by atoms with Gasteiger partial charge in [-0.25, -0.2) is 0 Å². The van der Waals surface area contributed by atoms with Crippen molar-refractivity contribution in [3.63, 3.8) is 0 Å². The fourth-order valence-electron chi connectivity index (χ4n) is 2.25. The van der Waals surface area contributed by atoms with Gasteiger partial charge in [0.2, 0.25) is 0 Å².